The second kappa shape index (κ2) is 6.72. The molecule has 134 valence electrons. The van der Waals surface area contributed by atoms with Crippen molar-refractivity contribution in [2.75, 3.05) is 18.8 Å². The molecule has 0 bridgehead atoms. The minimum atomic E-state index is 0.359. The second-order valence-corrected chi connectivity index (χ2v) is 8.94. The molecule has 1 spiro atoms. The van der Waals surface area contributed by atoms with E-state index in [2.05, 4.69) is 50.9 Å². The molecule has 5 heteroatoms. The average molecular weight is 366 g/mol. The summed E-state index contributed by atoms with van der Waals surface area (Å²) in [5.41, 5.74) is 3.67. The Hall–Kier alpha value is -1.82. The minimum Gasteiger partial charge on any atom is -0.371 e. The Morgan fingerprint density at radius 2 is 2.15 bits per heavy atom. The Morgan fingerprint density at radius 1 is 1.19 bits per heavy atom. The van der Waals surface area contributed by atoms with Crippen LogP contribution in [0.4, 0.5) is 0 Å². The number of likely N-dealkylation sites (tertiary alicyclic amines) is 1. The van der Waals surface area contributed by atoms with Crippen LogP contribution in [-0.4, -0.2) is 44.6 Å². The van der Waals surface area contributed by atoms with Gasteiger partial charge in [-0.25, -0.2) is 0 Å². The van der Waals surface area contributed by atoms with Crippen LogP contribution in [-0.2, 0) is 17.9 Å². The number of rotatable bonds is 5. The summed E-state index contributed by atoms with van der Waals surface area (Å²) in [7, 11) is 0. The smallest absolute Gasteiger partial charge is 0.0892 e. The first-order chi connectivity index (χ1) is 12.8. The molecule has 0 radical (unpaired) electrons. The summed E-state index contributed by atoms with van der Waals surface area (Å²) < 4.78 is 6.52. The van der Waals surface area contributed by atoms with E-state index in [1.165, 1.54) is 29.6 Å². The maximum Gasteiger partial charge on any atom is 0.0892 e. The molecule has 1 unspecified atom stereocenters. The van der Waals surface area contributed by atoms with Crippen LogP contribution < -0.4 is 0 Å². The molecule has 5 rings (SSSR count). The number of benzene rings is 1. The summed E-state index contributed by atoms with van der Waals surface area (Å²) >= 11 is 2.10. The van der Waals surface area contributed by atoms with Gasteiger partial charge in [0.25, 0.3) is 0 Å². The molecular formula is C21H23N3OS. The highest BCUT2D eigenvalue weighted by molar-refractivity contribution is 8.01. The Labute approximate surface area is 158 Å². The predicted octanol–water partition coefficient (Wildman–Crippen LogP) is 3.84. The third-order valence-electron chi connectivity index (χ3n) is 5.47. The lowest BCUT2D eigenvalue weighted by molar-refractivity contribution is 0.0252. The molecule has 4 nitrogen and oxygen atoms in total. The van der Waals surface area contributed by atoms with Crippen molar-refractivity contribution in [2.45, 2.75) is 30.4 Å². The Kier molecular flexibility index (Phi) is 4.23. The van der Waals surface area contributed by atoms with Crippen molar-refractivity contribution in [3.05, 3.63) is 66.1 Å². The van der Waals surface area contributed by atoms with E-state index in [1.54, 1.807) is 0 Å². The van der Waals surface area contributed by atoms with Crippen molar-refractivity contribution >= 4 is 22.7 Å². The number of ether oxygens (including phenoxy) is 1. The standard InChI is InChI=1S/C21H23N3OS/c1-2-8-22-17(5-1)12-25-18-10-21(26-13-18)14-24(15-21)11-16-4-3-6-20-19(16)7-9-23-20/h1-9,18,23H,10-15H2. The fraction of sp³-hybridized carbons (Fsp3) is 0.381. The normalized spacial score (nSPS) is 22.1. The number of pyridine rings is 1. The van der Waals surface area contributed by atoms with Gasteiger partial charge >= 0.3 is 0 Å². The molecule has 3 aromatic rings. The van der Waals surface area contributed by atoms with Gasteiger partial charge in [0.15, 0.2) is 0 Å². The van der Waals surface area contributed by atoms with Gasteiger partial charge in [-0.15, -0.1) is 11.8 Å². The summed E-state index contributed by atoms with van der Waals surface area (Å²) in [6.07, 6.45) is 5.38. The van der Waals surface area contributed by atoms with Gasteiger partial charge in [-0.3, -0.25) is 9.88 Å². The molecule has 2 fully saturated rings. The number of hydrogen-bond donors (Lipinski definition) is 1. The number of hydrogen-bond acceptors (Lipinski definition) is 4. The maximum atomic E-state index is 6.11. The predicted molar refractivity (Wildman–Crippen MR) is 106 cm³/mol. The highest BCUT2D eigenvalue weighted by Crippen LogP contribution is 2.46. The first-order valence-electron chi connectivity index (χ1n) is 9.23. The highest BCUT2D eigenvalue weighted by Gasteiger charge is 2.49. The number of aromatic amines is 1. The van der Waals surface area contributed by atoms with E-state index in [4.69, 9.17) is 4.74 Å². The SMILES string of the molecule is c1ccc(COC2CSC3(C2)CN(Cc2cccc4[nH]ccc24)C3)nc1. The van der Waals surface area contributed by atoms with Crippen molar-refractivity contribution in [3.63, 3.8) is 0 Å². The monoisotopic (exact) mass is 365 g/mol. The van der Waals surface area contributed by atoms with E-state index in [-0.39, 0.29) is 0 Å². The third kappa shape index (κ3) is 3.15. The Bertz CT molecular complexity index is 888. The molecule has 2 aliphatic heterocycles. The first-order valence-corrected chi connectivity index (χ1v) is 10.2. The zero-order chi connectivity index (χ0) is 17.4. The molecule has 26 heavy (non-hydrogen) atoms. The fourth-order valence-electron chi connectivity index (χ4n) is 4.23. The molecule has 0 aliphatic carbocycles. The van der Waals surface area contributed by atoms with Gasteiger partial charge in [0.1, 0.15) is 0 Å². The fourth-order valence-corrected chi connectivity index (χ4v) is 5.83. The molecule has 2 saturated heterocycles. The number of aromatic nitrogens is 2. The molecule has 0 saturated carbocycles. The van der Waals surface area contributed by atoms with Gasteiger partial charge in [-0.05, 0) is 36.2 Å². The highest BCUT2D eigenvalue weighted by atomic mass is 32.2. The van der Waals surface area contributed by atoms with Crippen molar-refractivity contribution in [1.29, 1.82) is 0 Å². The van der Waals surface area contributed by atoms with Crippen LogP contribution in [0.25, 0.3) is 10.9 Å². The summed E-state index contributed by atoms with van der Waals surface area (Å²) in [6, 6.07) is 14.7. The molecule has 1 atom stereocenters. The largest absolute Gasteiger partial charge is 0.371 e. The quantitative estimate of drug-likeness (QED) is 0.746. The molecule has 2 aromatic heterocycles. The number of fused-ring (bicyclic) bond motifs is 1. The molecule has 0 amide bonds. The van der Waals surface area contributed by atoms with Gasteiger partial charge in [0, 0.05) is 53.4 Å². The van der Waals surface area contributed by atoms with Crippen LogP contribution in [0.5, 0.6) is 0 Å². The average Bonchev–Trinajstić information content (AvgIpc) is 3.28. The van der Waals surface area contributed by atoms with Crippen LogP contribution in [0, 0.1) is 0 Å². The second-order valence-electron chi connectivity index (χ2n) is 7.45. The van der Waals surface area contributed by atoms with Crippen LogP contribution in [0.15, 0.2) is 54.9 Å². The van der Waals surface area contributed by atoms with Gasteiger partial charge in [-0.1, -0.05) is 18.2 Å². The number of H-pyrrole nitrogens is 1. The first kappa shape index (κ1) is 16.4. The van der Waals surface area contributed by atoms with Crippen LogP contribution in [0.2, 0.25) is 0 Å². The molecule has 4 heterocycles. The summed E-state index contributed by atoms with van der Waals surface area (Å²) in [6.45, 7) is 4.00. The number of thioether (sulfide) groups is 1. The van der Waals surface area contributed by atoms with E-state index in [0.29, 0.717) is 17.5 Å². The Morgan fingerprint density at radius 3 is 3.04 bits per heavy atom. The maximum absolute atomic E-state index is 6.11. The lowest BCUT2D eigenvalue weighted by Crippen LogP contribution is -2.58. The minimum absolute atomic E-state index is 0.359. The van der Waals surface area contributed by atoms with Crippen LogP contribution >= 0.6 is 11.8 Å². The van der Waals surface area contributed by atoms with Crippen molar-refractivity contribution < 1.29 is 4.74 Å². The van der Waals surface area contributed by atoms with Gasteiger partial charge < -0.3 is 9.72 Å². The zero-order valence-electron chi connectivity index (χ0n) is 14.7. The zero-order valence-corrected chi connectivity index (χ0v) is 15.5. The van der Waals surface area contributed by atoms with Crippen LogP contribution in [0.1, 0.15) is 17.7 Å². The van der Waals surface area contributed by atoms with E-state index >= 15 is 0 Å². The molecule has 2 aliphatic rings. The van der Waals surface area contributed by atoms with Gasteiger partial charge in [0.05, 0.1) is 18.4 Å². The molecule has 1 aromatic carbocycles. The lowest BCUT2D eigenvalue weighted by atomic mass is 9.92. The van der Waals surface area contributed by atoms with E-state index < -0.39 is 0 Å². The molecule has 1 N–H and O–H groups in total. The Balaban J connectivity index is 1.15. The third-order valence-corrected chi connectivity index (χ3v) is 7.05. The van der Waals surface area contributed by atoms with Crippen molar-refractivity contribution in [3.8, 4) is 0 Å². The van der Waals surface area contributed by atoms with E-state index in [0.717, 1.165) is 24.4 Å². The van der Waals surface area contributed by atoms with Crippen molar-refractivity contribution in [1.82, 2.24) is 14.9 Å². The number of nitrogens with zero attached hydrogens (tertiary/aromatic N) is 2. The van der Waals surface area contributed by atoms with E-state index in [1.807, 2.05) is 30.6 Å². The summed E-state index contributed by atoms with van der Waals surface area (Å²) in [5, 5.41) is 1.35. The molecular weight excluding hydrogens is 342 g/mol. The van der Waals surface area contributed by atoms with Gasteiger partial charge in [0.2, 0.25) is 0 Å². The van der Waals surface area contributed by atoms with Gasteiger partial charge in [-0.2, -0.15) is 0 Å². The summed E-state index contributed by atoms with van der Waals surface area (Å²) in [4.78, 5) is 10.2. The summed E-state index contributed by atoms with van der Waals surface area (Å²) in [5.74, 6) is 1.11. The van der Waals surface area contributed by atoms with Crippen molar-refractivity contribution in [2.24, 2.45) is 0 Å². The topological polar surface area (TPSA) is 41.1 Å². The van der Waals surface area contributed by atoms with E-state index in [9.17, 15) is 0 Å². The number of nitrogens with one attached hydrogen (secondary N) is 1. The van der Waals surface area contributed by atoms with Crippen LogP contribution in [0.3, 0.4) is 0 Å². The lowest BCUT2D eigenvalue weighted by Gasteiger charge is -2.47.